The molecule has 5 heteroatoms. The molecule has 0 radical (unpaired) electrons. The van der Waals surface area contributed by atoms with Crippen LogP contribution in [0.5, 0.6) is 0 Å². The number of nitrogens with zero attached hydrogens (tertiary/aromatic N) is 1. The van der Waals surface area contributed by atoms with E-state index in [4.69, 9.17) is 5.73 Å². The van der Waals surface area contributed by atoms with E-state index < -0.39 is 0 Å². The van der Waals surface area contributed by atoms with E-state index in [2.05, 4.69) is 85.7 Å². The summed E-state index contributed by atoms with van der Waals surface area (Å²) in [5, 5.41) is 19.6. The van der Waals surface area contributed by atoms with Crippen molar-refractivity contribution in [3.8, 4) is 0 Å². The van der Waals surface area contributed by atoms with E-state index in [1.807, 2.05) is 41.5 Å². The van der Waals surface area contributed by atoms with Crippen molar-refractivity contribution in [2.24, 2.45) is 21.6 Å². The van der Waals surface area contributed by atoms with Crippen LogP contribution in [0, 0.1) is 16.2 Å². The van der Waals surface area contributed by atoms with Gasteiger partial charge in [0.1, 0.15) is 0 Å². The predicted octanol–water partition coefficient (Wildman–Crippen LogP) is 13.3. The Morgan fingerprint density at radius 3 is 1.64 bits per heavy atom. The quantitative estimate of drug-likeness (QED) is 0.0834. The lowest BCUT2D eigenvalue weighted by Gasteiger charge is -2.29. The van der Waals surface area contributed by atoms with Gasteiger partial charge in [-0.05, 0) is 121 Å². The number of allylic oxidation sites excluding steroid dienone is 6. The molecule has 0 saturated heterocycles. The molecule has 1 aliphatic rings. The second-order valence-electron chi connectivity index (χ2n) is 14.3. The maximum Gasteiger partial charge on any atom is 0.0940 e. The van der Waals surface area contributed by atoms with Crippen molar-refractivity contribution in [2.45, 2.75) is 175 Å². The number of hydrogen-bond acceptors (Lipinski definition) is 5. The van der Waals surface area contributed by atoms with Gasteiger partial charge in [0, 0.05) is 22.4 Å². The van der Waals surface area contributed by atoms with Crippen LogP contribution < -0.4 is 11.5 Å². The first kappa shape index (κ1) is 49.4. The minimum Gasteiger partial charge on any atom is -0.396 e. The third kappa shape index (κ3) is 13.4. The van der Waals surface area contributed by atoms with Gasteiger partial charge in [0.2, 0.25) is 0 Å². The third-order valence-corrected chi connectivity index (χ3v) is 11.3. The van der Waals surface area contributed by atoms with Crippen molar-refractivity contribution in [1.29, 1.82) is 5.41 Å². The van der Waals surface area contributed by atoms with Gasteiger partial charge in [-0.3, -0.25) is 10.4 Å². The molecule has 0 spiro atoms. The first-order valence-corrected chi connectivity index (χ1v) is 19.4. The highest BCUT2D eigenvalue weighted by molar-refractivity contribution is 6.19. The molecule has 286 valence electrons. The molecule has 0 unspecified atom stereocenters. The molecule has 0 amide bonds. The van der Waals surface area contributed by atoms with Crippen LogP contribution >= 0.6 is 0 Å². The highest BCUT2D eigenvalue weighted by Crippen LogP contribution is 2.51. The lowest BCUT2D eigenvalue weighted by atomic mass is 9.76. The van der Waals surface area contributed by atoms with E-state index in [1.54, 1.807) is 6.08 Å². The fourth-order valence-corrected chi connectivity index (χ4v) is 6.69. The third-order valence-electron chi connectivity index (χ3n) is 11.3. The Hall–Kier alpha value is -2.76. The van der Waals surface area contributed by atoms with Gasteiger partial charge in [0.05, 0.1) is 23.7 Å². The van der Waals surface area contributed by atoms with Gasteiger partial charge in [-0.25, -0.2) is 0 Å². The Morgan fingerprint density at radius 1 is 0.880 bits per heavy atom. The number of rotatable bonds is 15. The Morgan fingerprint density at radius 2 is 1.38 bits per heavy atom. The lowest BCUT2D eigenvalue weighted by molar-refractivity contribution is 0.226. The summed E-state index contributed by atoms with van der Waals surface area (Å²) in [6.45, 7) is 35.7. The molecule has 1 saturated carbocycles. The molecule has 5 nitrogen and oxygen atoms in total. The van der Waals surface area contributed by atoms with Crippen LogP contribution in [-0.2, 0) is 13.0 Å². The average molecular weight is 693 g/mol. The lowest BCUT2D eigenvalue weighted by Crippen LogP contribution is -2.16. The zero-order valence-electron chi connectivity index (χ0n) is 35.7. The molecule has 1 fully saturated rings. The van der Waals surface area contributed by atoms with E-state index in [0.29, 0.717) is 34.5 Å². The van der Waals surface area contributed by atoms with Crippen molar-refractivity contribution >= 4 is 28.9 Å². The molecule has 0 bridgehead atoms. The van der Waals surface area contributed by atoms with Crippen LogP contribution in [0.2, 0.25) is 0 Å². The zero-order chi connectivity index (χ0) is 39.4. The summed E-state index contributed by atoms with van der Waals surface area (Å²) in [6, 6.07) is 0. The molecule has 1 aliphatic carbocycles. The Balaban J connectivity index is 0. The number of aliphatic hydroxyl groups is 1. The van der Waals surface area contributed by atoms with E-state index in [-0.39, 0.29) is 6.61 Å². The van der Waals surface area contributed by atoms with Crippen molar-refractivity contribution in [3.63, 3.8) is 0 Å². The van der Waals surface area contributed by atoms with Crippen LogP contribution in [0.15, 0.2) is 45.5 Å². The number of nitrogen functional groups attached to an aromatic ring is 1. The summed E-state index contributed by atoms with van der Waals surface area (Å²) in [4.78, 5) is 4.67. The van der Waals surface area contributed by atoms with Gasteiger partial charge in [-0.15, -0.1) is 0 Å². The molecule has 0 aromatic heterocycles. The molecular weight excluding hydrogens is 613 g/mol. The number of aliphatic hydroxyl groups excluding tert-OH is 1. The fourth-order valence-electron chi connectivity index (χ4n) is 6.69. The second-order valence-corrected chi connectivity index (χ2v) is 14.3. The molecule has 1 aromatic carbocycles. The smallest absolute Gasteiger partial charge is 0.0940 e. The summed E-state index contributed by atoms with van der Waals surface area (Å²) in [5.74, 6) is 0. The normalized spacial score (nSPS) is 13.6. The molecule has 0 atom stereocenters. The first-order chi connectivity index (χ1) is 23.5. The fraction of sp³-hybridized carbons (Fsp3) is 0.644. The van der Waals surface area contributed by atoms with Crippen molar-refractivity contribution < 1.29 is 5.11 Å². The van der Waals surface area contributed by atoms with Crippen molar-refractivity contribution in [3.05, 3.63) is 62.8 Å². The van der Waals surface area contributed by atoms with Crippen LogP contribution in [-0.4, -0.2) is 23.6 Å². The summed E-state index contributed by atoms with van der Waals surface area (Å²) in [7, 11) is 1.50. The Bertz CT molecular complexity index is 1330. The van der Waals surface area contributed by atoms with Crippen molar-refractivity contribution in [1.82, 2.24) is 0 Å². The molecule has 6 N–H and O–H groups in total. The topological polar surface area (TPSA) is 108 Å². The van der Waals surface area contributed by atoms with Gasteiger partial charge in [0.25, 0.3) is 0 Å². The number of nitrogens with two attached hydrogens (primary N) is 2. The molecule has 50 heavy (non-hydrogen) atoms. The Kier molecular flexibility index (Phi) is 24.1. The maximum atomic E-state index is 10.3. The minimum absolute atomic E-state index is 0.163. The number of aliphatic imine (C=N–C) groups is 1. The van der Waals surface area contributed by atoms with E-state index in [0.717, 1.165) is 55.7 Å². The number of benzene rings is 1. The van der Waals surface area contributed by atoms with E-state index in [1.165, 1.54) is 64.8 Å². The zero-order valence-corrected chi connectivity index (χ0v) is 35.7. The second kappa shape index (κ2) is 24.4. The van der Waals surface area contributed by atoms with Crippen LogP contribution in [0.25, 0.3) is 6.08 Å². The maximum absolute atomic E-state index is 10.3. The molecular formula is C45H80N4O. The van der Waals surface area contributed by atoms with E-state index >= 15 is 0 Å². The molecule has 2 rings (SSSR count). The van der Waals surface area contributed by atoms with Gasteiger partial charge in [-0.1, -0.05) is 117 Å². The number of hydrogen-bond donors (Lipinski definition) is 4. The first-order valence-electron chi connectivity index (χ1n) is 19.4. The number of nitrogens with one attached hydrogen (secondary N) is 1. The van der Waals surface area contributed by atoms with Crippen molar-refractivity contribution in [2.75, 3.05) is 12.8 Å². The highest BCUT2D eigenvalue weighted by Gasteiger charge is 2.38. The van der Waals surface area contributed by atoms with Crippen LogP contribution in [0.4, 0.5) is 11.4 Å². The standard InChI is InChI=1S/C27H39N3O.C10H22.C7H14.CH5N/c1-11-17(8)19(10)23(18(9)15(4)5)25(28)24-20(12-2)22(14-31)21(13-3)27(26(24)29)30-16(6)7;1-5-9-10(6-2,7-3)8-4;1-3-7(4-2)5-6-7;1-2/h11,13,28,31H,3,12,14,29H2,1-2,4-10H3;5-9H2,1-4H3;3-6H2,1-2H3;2H2,1H3/b17-11-,23-19-,28-25?;;;. The van der Waals surface area contributed by atoms with Gasteiger partial charge in [-0.2, -0.15) is 0 Å². The highest BCUT2D eigenvalue weighted by atomic mass is 16.3. The number of anilines is 1. The summed E-state index contributed by atoms with van der Waals surface area (Å²) < 4.78 is 0. The summed E-state index contributed by atoms with van der Waals surface area (Å²) >= 11 is 0. The monoisotopic (exact) mass is 693 g/mol. The predicted molar refractivity (Wildman–Crippen MR) is 228 cm³/mol. The van der Waals surface area contributed by atoms with Crippen LogP contribution in [0.1, 0.15) is 184 Å². The summed E-state index contributed by atoms with van der Waals surface area (Å²) in [5.41, 5.74) is 23.2. The van der Waals surface area contributed by atoms with Gasteiger partial charge >= 0.3 is 0 Å². The molecule has 0 aliphatic heterocycles. The average Bonchev–Trinajstić information content (AvgIpc) is 3.92. The van der Waals surface area contributed by atoms with Crippen LogP contribution in [0.3, 0.4) is 0 Å². The Labute approximate surface area is 310 Å². The molecule has 0 heterocycles. The molecule has 1 aromatic rings. The van der Waals surface area contributed by atoms with Gasteiger partial charge < -0.3 is 16.6 Å². The SMILES string of the molecule is C=Cc1c(CO)c(CC)c(C(=N)/C(C(C)=C(C)C)=C(C)\C(C)=C/C)c(N)c1N=C(C)C.CCC1(CC)CC1.CCCC(CC)(CC)CC.CN. The van der Waals surface area contributed by atoms with E-state index in [9.17, 15) is 10.5 Å². The van der Waals surface area contributed by atoms with Gasteiger partial charge in [0.15, 0.2) is 0 Å². The minimum atomic E-state index is -0.163. The summed E-state index contributed by atoms with van der Waals surface area (Å²) in [6.07, 6.45) is 17.0. The largest absolute Gasteiger partial charge is 0.396 e.